The van der Waals surface area contributed by atoms with Crippen molar-refractivity contribution in [3.05, 3.63) is 0 Å². The number of unbranched alkanes of at least 4 members (excludes halogenated alkanes) is 2. The van der Waals surface area contributed by atoms with Crippen LogP contribution in [0.1, 0.15) is 52.4 Å². The van der Waals surface area contributed by atoms with Crippen LogP contribution in [0.5, 0.6) is 0 Å². The standard InChI is InChI=1S/C13H26N2O2/c1-3-5-9-15(10-6-4-2)13(16)14-12-8-7-11-17-12/h12H,3-11H2,1-2H3,(H,14,16). The van der Waals surface area contributed by atoms with E-state index in [9.17, 15) is 4.79 Å². The van der Waals surface area contributed by atoms with Crippen molar-refractivity contribution in [3.63, 3.8) is 0 Å². The summed E-state index contributed by atoms with van der Waals surface area (Å²) in [6, 6.07) is 0.0406. The average molecular weight is 242 g/mol. The van der Waals surface area contributed by atoms with Gasteiger partial charge >= 0.3 is 6.03 Å². The van der Waals surface area contributed by atoms with Crippen LogP contribution in [0.25, 0.3) is 0 Å². The number of carbonyl (C=O) groups is 1. The smallest absolute Gasteiger partial charge is 0.319 e. The summed E-state index contributed by atoms with van der Waals surface area (Å²) in [5, 5.41) is 2.96. The van der Waals surface area contributed by atoms with Gasteiger partial charge in [0.1, 0.15) is 6.23 Å². The summed E-state index contributed by atoms with van der Waals surface area (Å²) in [6.45, 7) is 6.78. The van der Waals surface area contributed by atoms with Crippen LogP contribution in [0, 0.1) is 0 Å². The highest BCUT2D eigenvalue weighted by atomic mass is 16.5. The van der Waals surface area contributed by atoms with E-state index >= 15 is 0 Å². The van der Waals surface area contributed by atoms with Crippen LogP contribution in [-0.2, 0) is 4.74 Å². The molecule has 0 bridgehead atoms. The summed E-state index contributed by atoms with van der Waals surface area (Å²) in [5.74, 6) is 0. The van der Waals surface area contributed by atoms with Crippen LogP contribution in [0.2, 0.25) is 0 Å². The molecule has 1 fully saturated rings. The van der Waals surface area contributed by atoms with Gasteiger partial charge in [-0.3, -0.25) is 0 Å². The minimum absolute atomic E-state index is 0.0406. The Balaban J connectivity index is 2.34. The minimum Gasteiger partial charge on any atom is -0.358 e. The van der Waals surface area contributed by atoms with Gasteiger partial charge in [0.05, 0.1) is 0 Å². The first kappa shape index (κ1) is 14.3. The Morgan fingerprint density at radius 3 is 2.41 bits per heavy atom. The molecule has 4 nitrogen and oxygen atoms in total. The van der Waals surface area contributed by atoms with Crippen LogP contribution < -0.4 is 5.32 Å². The molecule has 1 rings (SSSR count). The third kappa shape index (κ3) is 5.39. The van der Waals surface area contributed by atoms with Gasteiger partial charge in [0.2, 0.25) is 0 Å². The zero-order valence-corrected chi connectivity index (χ0v) is 11.2. The van der Waals surface area contributed by atoms with Gasteiger partial charge in [-0.1, -0.05) is 26.7 Å². The lowest BCUT2D eigenvalue weighted by atomic mass is 10.2. The molecule has 4 heteroatoms. The molecule has 1 saturated heterocycles. The number of hydrogen-bond acceptors (Lipinski definition) is 2. The summed E-state index contributed by atoms with van der Waals surface area (Å²) in [5.41, 5.74) is 0. The molecule has 0 aromatic rings. The number of hydrogen-bond donors (Lipinski definition) is 1. The summed E-state index contributed by atoms with van der Waals surface area (Å²) < 4.78 is 5.42. The maximum absolute atomic E-state index is 12.0. The quantitative estimate of drug-likeness (QED) is 0.746. The van der Waals surface area contributed by atoms with Crippen molar-refractivity contribution >= 4 is 6.03 Å². The van der Waals surface area contributed by atoms with Crippen LogP contribution >= 0.6 is 0 Å². The lowest BCUT2D eigenvalue weighted by Crippen LogP contribution is -2.45. The highest BCUT2D eigenvalue weighted by Gasteiger charge is 2.20. The zero-order chi connectivity index (χ0) is 12.5. The number of carbonyl (C=O) groups excluding carboxylic acids is 1. The van der Waals surface area contributed by atoms with E-state index in [0.29, 0.717) is 0 Å². The highest BCUT2D eigenvalue weighted by Crippen LogP contribution is 2.10. The summed E-state index contributed by atoms with van der Waals surface area (Å²) in [4.78, 5) is 14.0. The molecule has 0 aromatic carbocycles. The first-order chi connectivity index (χ1) is 8.27. The SMILES string of the molecule is CCCCN(CCCC)C(=O)NC1CCCO1. The van der Waals surface area contributed by atoms with E-state index in [4.69, 9.17) is 4.74 Å². The second kappa shape index (κ2) is 8.34. The molecule has 0 saturated carbocycles. The summed E-state index contributed by atoms with van der Waals surface area (Å²) in [6.07, 6.45) is 6.32. The van der Waals surface area contributed by atoms with E-state index < -0.39 is 0 Å². The van der Waals surface area contributed by atoms with Crippen molar-refractivity contribution in [2.24, 2.45) is 0 Å². The maximum Gasteiger partial charge on any atom is 0.319 e. The Bertz CT molecular complexity index is 207. The molecule has 0 spiro atoms. The normalized spacial score (nSPS) is 19.3. The molecule has 1 heterocycles. The number of rotatable bonds is 7. The lowest BCUT2D eigenvalue weighted by Gasteiger charge is -2.24. The van der Waals surface area contributed by atoms with E-state index in [1.54, 1.807) is 0 Å². The van der Waals surface area contributed by atoms with Crippen LogP contribution in [0.4, 0.5) is 4.79 Å². The van der Waals surface area contributed by atoms with Gasteiger partial charge in [-0.2, -0.15) is 0 Å². The molecule has 17 heavy (non-hydrogen) atoms. The molecule has 1 N–H and O–H groups in total. The molecule has 0 aromatic heterocycles. The molecule has 0 aliphatic carbocycles. The Morgan fingerprint density at radius 2 is 1.94 bits per heavy atom. The first-order valence-electron chi connectivity index (χ1n) is 6.95. The van der Waals surface area contributed by atoms with E-state index in [1.165, 1.54) is 0 Å². The third-order valence-corrected chi connectivity index (χ3v) is 3.06. The van der Waals surface area contributed by atoms with Gasteiger partial charge in [0.25, 0.3) is 0 Å². The second-order valence-electron chi connectivity index (χ2n) is 4.65. The molecule has 1 unspecified atom stereocenters. The van der Waals surface area contributed by atoms with Crippen LogP contribution in [-0.4, -0.2) is 36.9 Å². The van der Waals surface area contributed by atoms with Crippen molar-refractivity contribution < 1.29 is 9.53 Å². The fourth-order valence-corrected chi connectivity index (χ4v) is 1.93. The molecule has 1 atom stereocenters. The van der Waals surface area contributed by atoms with Crippen molar-refractivity contribution in [2.45, 2.75) is 58.6 Å². The van der Waals surface area contributed by atoms with E-state index in [1.807, 2.05) is 4.90 Å². The van der Waals surface area contributed by atoms with Crippen molar-refractivity contribution in [1.29, 1.82) is 0 Å². The Hall–Kier alpha value is -0.770. The average Bonchev–Trinajstić information content (AvgIpc) is 2.82. The summed E-state index contributed by atoms with van der Waals surface area (Å²) in [7, 11) is 0. The number of amides is 2. The monoisotopic (exact) mass is 242 g/mol. The van der Waals surface area contributed by atoms with Crippen LogP contribution in [0.15, 0.2) is 0 Å². The van der Waals surface area contributed by atoms with Gasteiger partial charge < -0.3 is 15.0 Å². The van der Waals surface area contributed by atoms with E-state index in [2.05, 4.69) is 19.2 Å². The van der Waals surface area contributed by atoms with Gasteiger partial charge in [0, 0.05) is 19.7 Å². The maximum atomic E-state index is 12.0. The predicted molar refractivity (Wildman–Crippen MR) is 68.9 cm³/mol. The van der Waals surface area contributed by atoms with E-state index in [-0.39, 0.29) is 12.3 Å². The van der Waals surface area contributed by atoms with Gasteiger partial charge in [-0.25, -0.2) is 4.79 Å². The number of ether oxygens (including phenoxy) is 1. The van der Waals surface area contributed by atoms with Crippen molar-refractivity contribution in [2.75, 3.05) is 19.7 Å². The molecular formula is C13H26N2O2. The fourth-order valence-electron chi connectivity index (χ4n) is 1.93. The molecular weight excluding hydrogens is 216 g/mol. The number of nitrogens with one attached hydrogen (secondary N) is 1. The van der Waals surface area contributed by atoms with Crippen LogP contribution in [0.3, 0.4) is 0 Å². The molecule has 2 amide bonds. The summed E-state index contributed by atoms with van der Waals surface area (Å²) >= 11 is 0. The van der Waals surface area contributed by atoms with Gasteiger partial charge in [-0.05, 0) is 25.7 Å². The van der Waals surface area contributed by atoms with Gasteiger partial charge in [0.15, 0.2) is 0 Å². The Morgan fingerprint density at radius 1 is 1.29 bits per heavy atom. The lowest BCUT2D eigenvalue weighted by molar-refractivity contribution is 0.0833. The fraction of sp³-hybridized carbons (Fsp3) is 0.923. The Kier molecular flexibility index (Phi) is 7.01. The molecule has 1 aliphatic heterocycles. The first-order valence-corrected chi connectivity index (χ1v) is 6.95. The van der Waals surface area contributed by atoms with Gasteiger partial charge in [-0.15, -0.1) is 0 Å². The molecule has 1 aliphatic rings. The Labute approximate surface area is 105 Å². The highest BCUT2D eigenvalue weighted by molar-refractivity contribution is 5.74. The number of urea groups is 1. The van der Waals surface area contributed by atoms with Crippen molar-refractivity contribution in [3.8, 4) is 0 Å². The zero-order valence-electron chi connectivity index (χ0n) is 11.2. The number of nitrogens with zero attached hydrogens (tertiary/aromatic N) is 1. The largest absolute Gasteiger partial charge is 0.358 e. The van der Waals surface area contributed by atoms with E-state index in [0.717, 1.165) is 58.2 Å². The molecule has 0 radical (unpaired) electrons. The minimum atomic E-state index is -0.0618. The topological polar surface area (TPSA) is 41.6 Å². The molecule has 100 valence electrons. The second-order valence-corrected chi connectivity index (χ2v) is 4.65. The van der Waals surface area contributed by atoms with Crippen molar-refractivity contribution in [1.82, 2.24) is 10.2 Å². The predicted octanol–water partition coefficient (Wildman–Crippen LogP) is 2.73. The third-order valence-electron chi connectivity index (χ3n) is 3.06.